The van der Waals surface area contributed by atoms with Crippen molar-refractivity contribution >= 4 is 17.1 Å². The molecule has 5 rings (SSSR count). The van der Waals surface area contributed by atoms with Crippen LogP contribution in [0.3, 0.4) is 0 Å². The summed E-state index contributed by atoms with van der Waals surface area (Å²) < 4.78 is 2.28. The minimum Gasteiger partial charge on any atom is -0.338 e. The van der Waals surface area contributed by atoms with Crippen molar-refractivity contribution in [3.63, 3.8) is 0 Å². The maximum atomic E-state index is 13.2. The van der Waals surface area contributed by atoms with E-state index in [4.69, 9.17) is 4.98 Å². The van der Waals surface area contributed by atoms with Gasteiger partial charge in [0, 0.05) is 37.4 Å². The van der Waals surface area contributed by atoms with Crippen LogP contribution in [0.25, 0.3) is 11.2 Å². The Balaban J connectivity index is 1.36. The zero-order chi connectivity index (χ0) is 21.4. The number of fused-ring (bicyclic) bond motifs is 2. The molecule has 4 heterocycles. The summed E-state index contributed by atoms with van der Waals surface area (Å²) in [5.41, 5.74) is 4.05. The highest BCUT2D eigenvalue weighted by atomic mass is 16.2. The number of H-pyrrole nitrogens is 1. The second-order valence-corrected chi connectivity index (χ2v) is 8.74. The fraction of sp³-hybridized carbons (Fsp3) is 0.500. The Morgan fingerprint density at radius 3 is 2.84 bits per heavy atom. The minimum atomic E-state index is -0.247. The van der Waals surface area contributed by atoms with Crippen molar-refractivity contribution in [2.75, 3.05) is 13.1 Å². The van der Waals surface area contributed by atoms with Gasteiger partial charge in [0.15, 0.2) is 5.65 Å². The Hall–Kier alpha value is -2.96. The van der Waals surface area contributed by atoms with E-state index < -0.39 is 0 Å². The van der Waals surface area contributed by atoms with Crippen LogP contribution in [0.2, 0.25) is 0 Å². The lowest BCUT2D eigenvalue weighted by Gasteiger charge is -2.33. The largest absolute Gasteiger partial charge is 0.338 e. The molecule has 7 heteroatoms. The molecule has 0 bridgehead atoms. The van der Waals surface area contributed by atoms with Crippen LogP contribution in [0.1, 0.15) is 72.5 Å². The van der Waals surface area contributed by atoms with Gasteiger partial charge in [-0.05, 0) is 68.7 Å². The Labute approximate surface area is 181 Å². The molecule has 2 aliphatic rings. The second-order valence-electron chi connectivity index (χ2n) is 8.74. The quantitative estimate of drug-likeness (QED) is 0.702. The van der Waals surface area contributed by atoms with Crippen LogP contribution >= 0.6 is 0 Å². The topological polar surface area (TPSA) is 83.9 Å². The van der Waals surface area contributed by atoms with Crippen LogP contribution < -0.4 is 5.56 Å². The third kappa shape index (κ3) is 3.66. The number of aromatic amines is 1. The molecule has 3 aromatic rings. The number of carbonyl (C=O) groups excluding carboxylic acids is 1. The van der Waals surface area contributed by atoms with Gasteiger partial charge in [-0.3, -0.25) is 9.59 Å². The molecule has 0 aromatic carbocycles. The number of aryl methyl sites for hydroxylation is 3. The number of nitrogens with one attached hydrogen (secondary N) is 1. The van der Waals surface area contributed by atoms with E-state index in [9.17, 15) is 9.59 Å². The molecule has 1 aliphatic carbocycles. The molecule has 1 fully saturated rings. The van der Waals surface area contributed by atoms with Crippen molar-refractivity contribution in [3.8, 4) is 0 Å². The maximum Gasteiger partial charge on any atom is 0.261 e. The molecule has 0 spiro atoms. The number of piperidine rings is 1. The molecule has 0 unspecified atom stereocenters. The first-order valence-electron chi connectivity index (χ1n) is 11.5. The molecule has 1 saturated heterocycles. The molecule has 1 amide bonds. The normalized spacial score (nSPS) is 17.1. The van der Waals surface area contributed by atoms with Crippen LogP contribution in [-0.4, -0.2) is 43.4 Å². The molecule has 3 aromatic heterocycles. The van der Waals surface area contributed by atoms with Crippen molar-refractivity contribution in [3.05, 3.63) is 57.4 Å². The Morgan fingerprint density at radius 2 is 2.03 bits per heavy atom. The third-order valence-corrected chi connectivity index (χ3v) is 6.68. The van der Waals surface area contributed by atoms with E-state index in [0.29, 0.717) is 18.7 Å². The van der Waals surface area contributed by atoms with Gasteiger partial charge in [-0.25, -0.2) is 9.97 Å². The number of likely N-dealkylation sites (tertiary alicyclic amines) is 1. The minimum absolute atomic E-state index is 0.143. The number of hydrogen-bond acceptors (Lipinski definition) is 4. The van der Waals surface area contributed by atoms with Gasteiger partial charge in [0.1, 0.15) is 16.9 Å². The van der Waals surface area contributed by atoms with E-state index >= 15 is 0 Å². The number of nitrogens with zero attached hydrogens (tertiary/aromatic N) is 4. The van der Waals surface area contributed by atoms with Crippen LogP contribution in [-0.2, 0) is 19.3 Å². The fourth-order valence-corrected chi connectivity index (χ4v) is 5.09. The Kier molecular flexibility index (Phi) is 5.34. The maximum absolute atomic E-state index is 13.2. The van der Waals surface area contributed by atoms with Crippen molar-refractivity contribution in [2.45, 2.75) is 64.3 Å². The number of rotatable bonds is 4. The number of amides is 1. The number of aromatic nitrogens is 4. The highest BCUT2D eigenvalue weighted by Gasteiger charge is 2.29. The summed E-state index contributed by atoms with van der Waals surface area (Å²) in [5.74, 6) is 0.933. The van der Waals surface area contributed by atoms with Gasteiger partial charge >= 0.3 is 0 Å². The standard InChI is InChI=1S/C24H29N5O2/c1-2-6-21-26-20-9-5-12-25-22(20)29(21)17-10-13-28(14-11-17)24(31)18-15-16-7-3-4-8-19(16)27-23(18)30/h5,9,12,15,17H,2-4,6-8,10-11,13-14H2,1H3,(H,27,30). The zero-order valence-corrected chi connectivity index (χ0v) is 18.1. The molecular formula is C24H29N5O2. The molecule has 0 atom stereocenters. The Morgan fingerprint density at radius 1 is 1.23 bits per heavy atom. The fourth-order valence-electron chi connectivity index (χ4n) is 5.09. The lowest BCUT2D eigenvalue weighted by Crippen LogP contribution is -2.41. The number of pyridine rings is 2. The molecule has 0 radical (unpaired) electrons. The van der Waals surface area contributed by atoms with Gasteiger partial charge in [0.25, 0.3) is 11.5 Å². The van der Waals surface area contributed by atoms with E-state index in [1.54, 1.807) is 0 Å². The predicted octanol–water partition coefficient (Wildman–Crippen LogP) is 3.43. The Bertz CT molecular complexity index is 1170. The summed E-state index contributed by atoms with van der Waals surface area (Å²) in [4.78, 5) is 39.9. The molecule has 7 nitrogen and oxygen atoms in total. The average Bonchev–Trinajstić information content (AvgIpc) is 3.16. The molecule has 0 saturated carbocycles. The van der Waals surface area contributed by atoms with Gasteiger partial charge < -0.3 is 14.5 Å². The van der Waals surface area contributed by atoms with E-state index in [2.05, 4.69) is 21.5 Å². The third-order valence-electron chi connectivity index (χ3n) is 6.68. The van der Waals surface area contributed by atoms with Crippen molar-refractivity contribution < 1.29 is 4.79 Å². The lowest BCUT2D eigenvalue weighted by atomic mass is 9.94. The van der Waals surface area contributed by atoms with Gasteiger partial charge in [0.05, 0.1) is 0 Å². The van der Waals surface area contributed by atoms with Crippen molar-refractivity contribution in [2.24, 2.45) is 0 Å². The summed E-state index contributed by atoms with van der Waals surface area (Å²) >= 11 is 0. The summed E-state index contributed by atoms with van der Waals surface area (Å²) in [5, 5.41) is 0. The van der Waals surface area contributed by atoms with Crippen LogP contribution in [0, 0.1) is 0 Å². The zero-order valence-electron chi connectivity index (χ0n) is 18.1. The van der Waals surface area contributed by atoms with Crippen LogP contribution in [0.15, 0.2) is 29.2 Å². The first kappa shape index (κ1) is 20.0. The van der Waals surface area contributed by atoms with Crippen LogP contribution in [0.5, 0.6) is 0 Å². The smallest absolute Gasteiger partial charge is 0.261 e. The first-order valence-corrected chi connectivity index (χ1v) is 11.5. The SMILES string of the molecule is CCCc1nc2cccnc2n1C1CCN(C(=O)c2cc3c([nH]c2=O)CCCC3)CC1. The predicted molar refractivity (Wildman–Crippen MR) is 119 cm³/mol. The highest BCUT2D eigenvalue weighted by molar-refractivity contribution is 5.94. The van der Waals surface area contributed by atoms with Gasteiger partial charge in [0.2, 0.25) is 0 Å². The number of imidazole rings is 1. The highest BCUT2D eigenvalue weighted by Crippen LogP contribution is 2.29. The van der Waals surface area contributed by atoms with E-state index in [1.807, 2.05) is 29.3 Å². The summed E-state index contributed by atoms with van der Waals surface area (Å²) in [6, 6.07) is 6.05. The van der Waals surface area contributed by atoms with Crippen LogP contribution in [0.4, 0.5) is 0 Å². The number of carbonyl (C=O) groups is 1. The van der Waals surface area contributed by atoms with Gasteiger partial charge in [-0.2, -0.15) is 0 Å². The average molecular weight is 420 g/mol. The van der Waals surface area contributed by atoms with Gasteiger partial charge in [-0.15, -0.1) is 0 Å². The van der Waals surface area contributed by atoms with Crippen molar-refractivity contribution in [1.29, 1.82) is 0 Å². The summed E-state index contributed by atoms with van der Waals surface area (Å²) in [7, 11) is 0. The van der Waals surface area contributed by atoms with E-state index in [1.165, 1.54) is 0 Å². The first-order chi connectivity index (χ1) is 15.2. The molecule has 1 N–H and O–H groups in total. The molecule has 1 aliphatic heterocycles. The van der Waals surface area contributed by atoms with E-state index in [0.717, 1.165) is 79.6 Å². The monoisotopic (exact) mass is 419 g/mol. The second kappa shape index (κ2) is 8.29. The lowest BCUT2D eigenvalue weighted by molar-refractivity contribution is 0.0693. The van der Waals surface area contributed by atoms with Gasteiger partial charge in [-0.1, -0.05) is 6.92 Å². The molecule has 31 heavy (non-hydrogen) atoms. The number of hydrogen-bond donors (Lipinski definition) is 1. The molecular weight excluding hydrogens is 390 g/mol. The van der Waals surface area contributed by atoms with E-state index in [-0.39, 0.29) is 17.5 Å². The van der Waals surface area contributed by atoms with Crippen molar-refractivity contribution in [1.82, 2.24) is 24.4 Å². The summed E-state index contributed by atoms with van der Waals surface area (Å²) in [6.07, 6.45) is 9.50. The summed E-state index contributed by atoms with van der Waals surface area (Å²) in [6.45, 7) is 3.44. The molecule has 162 valence electrons.